The Bertz CT molecular complexity index is 478. The van der Waals surface area contributed by atoms with Crippen LogP contribution in [0.15, 0.2) is 30.3 Å². The van der Waals surface area contributed by atoms with Crippen LogP contribution in [-0.2, 0) is 9.53 Å². The van der Waals surface area contributed by atoms with Crippen LogP contribution >= 0.6 is 0 Å². The molecule has 1 unspecified atom stereocenters. The molecule has 114 valence electrons. The molecule has 0 saturated carbocycles. The lowest BCUT2D eigenvalue weighted by Crippen LogP contribution is -2.61. The maximum atomic E-state index is 12.7. The standard InChI is InChI=1S/C16H23N3O2/c1-16(13-17-7-12-21-16)15(20)19-10-8-18(9-11-19)14-5-3-2-4-6-14/h2-6,17H,7-13H2,1H3. The number of carbonyl (C=O) groups is 1. The van der Waals surface area contributed by atoms with Crippen molar-refractivity contribution in [3.63, 3.8) is 0 Å². The number of benzene rings is 1. The van der Waals surface area contributed by atoms with Gasteiger partial charge in [0.25, 0.3) is 5.91 Å². The molecule has 21 heavy (non-hydrogen) atoms. The van der Waals surface area contributed by atoms with Crippen molar-refractivity contribution in [1.82, 2.24) is 10.2 Å². The molecule has 1 aromatic carbocycles. The molecular weight excluding hydrogens is 266 g/mol. The highest BCUT2D eigenvalue weighted by Gasteiger charge is 2.40. The van der Waals surface area contributed by atoms with E-state index in [1.807, 2.05) is 17.9 Å². The molecule has 0 bridgehead atoms. The Morgan fingerprint density at radius 2 is 1.90 bits per heavy atom. The largest absolute Gasteiger partial charge is 0.368 e. The minimum absolute atomic E-state index is 0.113. The first kappa shape index (κ1) is 14.4. The highest BCUT2D eigenvalue weighted by molar-refractivity contribution is 5.85. The smallest absolute Gasteiger partial charge is 0.255 e. The van der Waals surface area contributed by atoms with Crippen LogP contribution in [0.25, 0.3) is 0 Å². The third-order valence-corrected chi connectivity index (χ3v) is 4.30. The number of nitrogens with one attached hydrogen (secondary N) is 1. The zero-order chi connectivity index (χ0) is 14.7. The molecule has 2 heterocycles. The predicted molar refractivity (Wildman–Crippen MR) is 82.5 cm³/mol. The van der Waals surface area contributed by atoms with Crippen molar-refractivity contribution in [2.45, 2.75) is 12.5 Å². The van der Waals surface area contributed by atoms with Crippen LogP contribution in [0.5, 0.6) is 0 Å². The zero-order valence-corrected chi connectivity index (χ0v) is 12.5. The fraction of sp³-hybridized carbons (Fsp3) is 0.562. The van der Waals surface area contributed by atoms with Gasteiger partial charge in [-0.2, -0.15) is 0 Å². The first-order valence-corrected chi connectivity index (χ1v) is 7.63. The summed E-state index contributed by atoms with van der Waals surface area (Å²) in [5.74, 6) is 0.113. The molecule has 0 radical (unpaired) electrons. The Morgan fingerprint density at radius 1 is 1.19 bits per heavy atom. The number of piperazine rings is 1. The lowest BCUT2D eigenvalue weighted by molar-refractivity contribution is -0.159. The van der Waals surface area contributed by atoms with Crippen molar-refractivity contribution in [3.8, 4) is 0 Å². The summed E-state index contributed by atoms with van der Waals surface area (Å²) in [6.45, 7) is 7.19. The first-order chi connectivity index (χ1) is 10.2. The minimum atomic E-state index is -0.701. The fourth-order valence-corrected chi connectivity index (χ4v) is 3.00. The molecule has 1 aromatic rings. The van der Waals surface area contributed by atoms with Crippen molar-refractivity contribution < 1.29 is 9.53 Å². The third kappa shape index (κ3) is 3.04. The van der Waals surface area contributed by atoms with Gasteiger partial charge >= 0.3 is 0 Å². The van der Waals surface area contributed by atoms with Gasteiger partial charge in [0.2, 0.25) is 0 Å². The molecular formula is C16H23N3O2. The number of morpholine rings is 1. The van der Waals surface area contributed by atoms with Crippen LogP contribution in [0, 0.1) is 0 Å². The van der Waals surface area contributed by atoms with E-state index in [1.54, 1.807) is 0 Å². The van der Waals surface area contributed by atoms with E-state index in [1.165, 1.54) is 5.69 Å². The number of amides is 1. The Balaban J connectivity index is 1.59. The molecule has 1 atom stereocenters. The second-order valence-corrected chi connectivity index (χ2v) is 5.87. The second-order valence-electron chi connectivity index (χ2n) is 5.87. The van der Waals surface area contributed by atoms with Crippen LogP contribution in [0.2, 0.25) is 0 Å². The van der Waals surface area contributed by atoms with Crippen LogP contribution in [0.4, 0.5) is 5.69 Å². The summed E-state index contributed by atoms with van der Waals surface area (Å²) in [5, 5.41) is 3.25. The minimum Gasteiger partial charge on any atom is -0.368 e. The highest BCUT2D eigenvalue weighted by atomic mass is 16.5. The van der Waals surface area contributed by atoms with Crippen LogP contribution < -0.4 is 10.2 Å². The molecule has 5 heteroatoms. The molecule has 3 rings (SSSR count). The van der Waals surface area contributed by atoms with Gasteiger partial charge in [-0.15, -0.1) is 0 Å². The van der Waals surface area contributed by atoms with E-state index in [4.69, 9.17) is 4.74 Å². The summed E-state index contributed by atoms with van der Waals surface area (Å²) in [6, 6.07) is 10.4. The van der Waals surface area contributed by atoms with Gasteiger partial charge in [-0.25, -0.2) is 0 Å². The normalized spacial score (nSPS) is 26.7. The Labute approximate surface area is 125 Å². The summed E-state index contributed by atoms with van der Waals surface area (Å²) in [4.78, 5) is 16.9. The van der Waals surface area contributed by atoms with Crippen LogP contribution in [-0.4, -0.2) is 62.3 Å². The molecule has 1 N–H and O–H groups in total. The van der Waals surface area contributed by atoms with E-state index >= 15 is 0 Å². The molecule has 0 spiro atoms. The lowest BCUT2D eigenvalue weighted by atomic mass is 10.0. The molecule has 0 aliphatic carbocycles. The molecule has 2 aliphatic rings. The number of carbonyl (C=O) groups excluding carboxylic acids is 1. The summed E-state index contributed by atoms with van der Waals surface area (Å²) in [7, 11) is 0. The third-order valence-electron chi connectivity index (χ3n) is 4.30. The number of hydrogen-bond donors (Lipinski definition) is 1. The Hall–Kier alpha value is -1.59. The van der Waals surface area contributed by atoms with Gasteiger partial charge in [0, 0.05) is 45.0 Å². The van der Waals surface area contributed by atoms with Gasteiger partial charge in [-0.3, -0.25) is 4.79 Å². The molecule has 5 nitrogen and oxygen atoms in total. The average molecular weight is 289 g/mol. The van der Waals surface area contributed by atoms with Crippen molar-refractivity contribution in [2.24, 2.45) is 0 Å². The van der Waals surface area contributed by atoms with E-state index < -0.39 is 5.60 Å². The van der Waals surface area contributed by atoms with E-state index in [0.29, 0.717) is 13.2 Å². The molecule has 2 fully saturated rings. The summed E-state index contributed by atoms with van der Waals surface area (Å²) in [6.07, 6.45) is 0. The Kier molecular flexibility index (Phi) is 4.12. The van der Waals surface area contributed by atoms with Crippen LogP contribution in [0.3, 0.4) is 0 Å². The number of ether oxygens (including phenoxy) is 1. The van der Waals surface area contributed by atoms with Gasteiger partial charge in [0.15, 0.2) is 5.60 Å². The maximum absolute atomic E-state index is 12.7. The summed E-state index contributed by atoms with van der Waals surface area (Å²) >= 11 is 0. The van der Waals surface area contributed by atoms with Crippen molar-refractivity contribution in [3.05, 3.63) is 30.3 Å². The number of anilines is 1. The van der Waals surface area contributed by atoms with E-state index in [2.05, 4.69) is 34.5 Å². The van der Waals surface area contributed by atoms with Crippen LogP contribution in [0.1, 0.15) is 6.92 Å². The quantitative estimate of drug-likeness (QED) is 0.871. The first-order valence-electron chi connectivity index (χ1n) is 7.63. The zero-order valence-electron chi connectivity index (χ0n) is 12.5. The highest BCUT2D eigenvalue weighted by Crippen LogP contribution is 2.20. The van der Waals surface area contributed by atoms with Crippen molar-refractivity contribution in [1.29, 1.82) is 0 Å². The topological polar surface area (TPSA) is 44.8 Å². The van der Waals surface area contributed by atoms with Gasteiger partial charge < -0.3 is 19.9 Å². The van der Waals surface area contributed by atoms with Gasteiger partial charge in [0.05, 0.1) is 6.61 Å². The van der Waals surface area contributed by atoms with Gasteiger partial charge in [0.1, 0.15) is 0 Å². The Morgan fingerprint density at radius 3 is 2.52 bits per heavy atom. The van der Waals surface area contributed by atoms with Crippen molar-refractivity contribution in [2.75, 3.05) is 50.8 Å². The van der Waals surface area contributed by atoms with E-state index in [0.717, 1.165) is 32.7 Å². The number of nitrogens with zero attached hydrogens (tertiary/aromatic N) is 2. The lowest BCUT2D eigenvalue weighted by Gasteiger charge is -2.41. The van der Waals surface area contributed by atoms with Gasteiger partial charge in [-0.1, -0.05) is 18.2 Å². The maximum Gasteiger partial charge on any atom is 0.255 e. The number of rotatable bonds is 2. The number of para-hydroxylation sites is 1. The molecule has 2 saturated heterocycles. The van der Waals surface area contributed by atoms with Crippen molar-refractivity contribution >= 4 is 11.6 Å². The predicted octanol–water partition coefficient (Wildman–Crippen LogP) is 0.714. The SMILES string of the molecule is CC1(C(=O)N2CCN(c3ccccc3)CC2)CNCCO1. The van der Waals surface area contributed by atoms with Gasteiger partial charge in [-0.05, 0) is 19.1 Å². The second kappa shape index (κ2) is 6.03. The fourth-order valence-electron chi connectivity index (χ4n) is 3.00. The molecule has 2 aliphatic heterocycles. The molecule has 0 aromatic heterocycles. The van der Waals surface area contributed by atoms with E-state index in [9.17, 15) is 4.79 Å². The summed E-state index contributed by atoms with van der Waals surface area (Å²) in [5.41, 5.74) is 0.527. The monoisotopic (exact) mass is 289 g/mol. The number of hydrogen-bond acceptors (Lipinski definition) is 4. The summed E-state index contributed by atoms with van der Waals surface area (Å²) < 4.78 is 5.72. The van der Waals surface area contributed by atoms with E-state index in [-0.39, 0.29) is 5.91 Å². The average Bonchev–Trinajstić information content (AvgIpc) is 2.56. The molecule has 1 amide bonds.